The first-order chi connectivity index (χ1) is 6.70. The van der Waals surface area contributed by atoms with Crippen molar-refractivity contribution in [1.29, 1.82) is 0 Å². The van der Waals surface area contributed by atoms with Crippen LogP contribution < -0.4 is 5.32 Å². The van der Waals surface area contributed by atoms with Gasteiger partial charge in [0.05, 0.1) is 17.6 Å². The Morgan fingerprint density at radius 1 is 1.50 bits per heavy atom. The van der Waals surface area contributed by atoms with E-state index in [1.165, 1.54) is 0 Å². The maximum absolute atomic E-state index is 6.00. The second kappa shape index (κ2) is 3.59. The minimum absolute atomic E-state index is 0.741. The van der Waals surface area contributed by atoms with Crippen molar-refractivity contribution in [1.82, 2.24) is 15.3 Å². The summed E-state index contributed by atoms with van der Waals surface area (Å²) in [7, 11) is 1.89. The molecule has 0 saturated heterocycles. The lowest BCUT2D eigenvalue weighted by Gasteiger charge is -1.95. The fourth-order valence-electron chi connectivity index (χ4n) is 1.44. The summed E-state index contributed by atoms with van der Waals surface area (Å²) in [6, 6.07) is 3.91. The molecule has 0 radical (unpaired) electrons. The van der Waals surface area contributed by atoms with Crippen LogP contribution in [0.4, 0.5) is 0 Å². The van der Waals surface area contributed by atoms with E-state index >= 15 is 0 Å². The van der Waals surface area contributed by atoms with Crippen LogP contribution in [0.5, 0.6) is 0 Å². The van der Waals surface area contributed by atoms with Crippen LogP contribution in [0.25, 0.3) is 11.0 Å². The average Bonchev–Trinajstić information content (AvgIpc) is 2.48. The zero-order chi connectivity index (χ0) is 10.1. The molecule has 0 spiro atoms. The number of nitrogens with zero attached hydrogens (tertiary/aromatic N) is 1. The van der Waals surface area contributed by atoms with Gasteiger partial charge in [-0.2, -0.15) is 0 Å². The van der Waals surface area contributed by atoms with E-state index in [0.29, 0.717) is 0 Å². The van der Waals surface area contributed by atoms with Crippen LogP contribution in [-0.4, -0.2) is 17.0 Å². The highest BCUT2D eigenvalue weighted by atomic mass is 35.5. The molecule has 1 heterocycles. The minimum atomic E-state index is 0.741. The molecule has 2 aromatic rings. The van der Waals surface area contributed by atoms with Crippen molar-refractivity contribution in [3.8, 4) is 0 Å². The van der Waals surface area contributed by atoms with Crippen molar-refractivity contribution in [2.75, 3.05) is 7.05 Å². The van der Waals surface area contributed by atoms with Gasteiger partial charge in [0.1, 0.15) is 5.82 Å². The van der Waals surface area contributed by atoms with E-state index in [-0.39, 0.29) is 0 Å². The van der Waals surface area contributed by atoms with Crippen LogP contribution in [-0.2, 0) is 6.54 Å². The summed E-state index contributed by atoms with van der Waals surface area (Å²) in [5.41, 5.74) is 3.03. The summed E-state index contributed by atoms with van der Waals surface area (Å²) in [6.07, 6.45) is 0. The van der Waals surface area contributed by atoms with Gasteiger partial charge in [-0.05, 0) is 31.7 Å². The molecular weight excluding hydrogens is 198 g/mol. The molecule has 1 aromatic heterocycles. The van der Waals surface area contributed by atoms with E-state index in [9.17, 15) is 0 Å². The Kier molecular flexibility index (Phi) is 2.44. The number of hydrogen-bond acceptors (Lipinski definition) is 2. The van der Waals surface area contributed by atoms with Gasteiger partial charge in [0.25, 0.3) is 0 Å². The van der Waals surface area contributed by atoms with E-state index in [4.69, 9.17) is 11.6 Å². The van der Waals surface area contributed by atoms with Gasteiger partial charge >= 0.3 is 0 Å². The number of benzene rings is 1. The van der Waals surface area contributed by atoms with Crippen LogP contribution in [0.15, 0.2) is 12.1 Å². The summed E-state index contributed by atoms with van der Waals surface area (Å²) in [4.78, 5) is 7.63. The molecular formula is C10H12ClN3. The Labute approximate surface area is 87.5 Å². The van der Waals surface area contributed by atoms with E-state index in [1.807, 2.05) is 26.1 Å². The number of aryl methyl sites for hydroxylation is 1. The standard InChI is InChI=1S/C10H12ClN3/c1-6-3-8-9(4-7(6)11)14-10(13-8)5-12-2/h3-4,12H,5H2,1-2H3,(H,13,14). The number of hydrogen-bond donors (Lipinski definition) is 2. The lowest BCUT2D eigenvalue weighted by molar-refractivity contribution is 0.775. The van der Waals surface area contributed by atoms with E-state index in [2.05, 4.69) is 15.3 Å². The molecule has 74 valence electrons. The Bertz CT molecular complexity index is 423. The van der Waals surface area contributed by atoms with Gasteiger partial charge in [0, 0.05) is 5.02 Å². The highest BCUT2D eigenvalue weighted by Gasteiger charge is 2.04. The SMILES string of the molecule is CNCc1nc2cc(Cl)c(C)cc2[nH]1. The lowest BCUT2D eigenvalue weighted by Crippen LogP contribution is -2.06. The van der Waals surface area contributed by atoms with Crippen LogP contribution >= 0.6 is 11.6 Å². The first-order valence-electron chi connectivity index (χ1n) is 4.50. The first kappa shape index (κ1) is 9.49. The fourth-order valence-corrected chi connectivity index (χ4v) is 1.60. The number of imidazole rings is 1. The molecule has 0 aliphatic rings. The molecule has 0 aliphatic carbocycles. The number of aromatic nitrogens is 2. The second-order valence-corrected chi connectivity index (χ2v) is 3.74. The quantitative estimate of drug-likeness (QED) is 0.797. The third-order valence-corrected chi connectivity index (χ3v) is 2.56. The Morgan fingerprint density at radius 3 is 3.00 bits per heavy atom. The van der Waals surface area contributed by atoms with Crippen molar-refractivity contribution in [3.05, 3.63) is 28.5 Å². The predicted octanol–water partition coefficient (Wildman–Crippen LogP) is 2.24. The largest absolute Gasteiger partial charge is 0.341 e. The Balaban J connectivity index is 2.54. The van der Waals surface area contributed by atoms with Crippen molar-refractivity contribution in [2.24, 2.45) is 0 Å². The number of halogens is 1. The predicted molar refractivity (Wildman–Crippen MR) is 58.6 cm³/mol. The third-order valence-electron chi connectivity index (χ3n) is 2.16. The molecule has 0 aliphatic heterocycles. The van der Waals surface area contributed by atoms with Crippen LogP contribution in [0.2, 0.25) is 5.02 Å². The molecule has 1 aromatic carbocycles. The lowest BCUT2D eigenvalue weighted by atomic mass is 10.2. The van der Waals surface area contributed by atoms with E-state index in [0.717, 1.165) is 34.0 Å². The summed E-state index contributed by atoms with van der Waals surface area (Å²) in [6.45, 7) is 2.73. The number of aromatic amines is 1. The zero-order valence-electron chi connectivity index (χ0n) is 8.19. The van der Waals surface area contributed by atoms with Crippen LogP contribution in [0, 0.1) is 6.92 Å². The summed E-state index contributed by atoms with van der Waals surface area (Å²) < 4.78 is 0. The zero-order valence-corrected chi connectivity index (χ0v) is 8.94. The first-order valence-corrected chi connectivity index (χ1v) is 4.88. The van der Waals surface area contributed by atoms with Gasteiger partial charge in [-0.3, -0.25) is 0 Å². The van der Waals surface area contributed by atoms with Crippen molar-refractivity contribution >= 4 is 22.6 Å². The molecule has 0 saturated carbocycles. The minimum Gasteiger partial charge on any atom is -0.341 e. The fraction of sp³-hybridized carbons (Fsp3) is 0.300. The van der Waals surface area contributed by atoms with Crippen molar-refractivity contribution < 1.29 is 0 Å². The van der Waals surface area contributed by atoms with Gasteiger partial charge in [-0.1, -0.05) is 11.6 Å². The highest BCUT2D eigenvalue weighted by molar-refractivity contribution is 6.32. The Morgan fingerprint density at radius 2 is 2.29 bits per heavy atom. The Hall–Kier alpha value is -1.06. The number of fused-ring (bicyclic) bond motifs is 1. The molecule has 0 fully saturated rings. The van der Waals surface area contributed by atoms with Gasteiger partial charge in [-0.15, -0.1) is 0 Å². The van der Waals surface area contributed by atoms with E-state index < -0.39 is 0 Å². The van der Waals surface area contributed by atoms with Crippen molar-refractivity contribution in [2.45, 2.75) is 13.5 Å². The van der Waals surface area contributed by atoms with Gasteiger partial charge in [0.15, 0.2) is 0 Å². The maximum Gasteiger partial charge on any atom is 0.121 e. The van der Waals surface area contributed by atoms with Gasteiger partial charge in [-0.25, -0.2) is 4.98 Å². The summed E-state index contributed by atoms with van der Waals surface area (Å²) >= 11 is 6.00. The van der Waals surface area contributed by atoms with Gasteiger partial charge < -0.3 is 10.3 Å². The molecule has 0 atom stereocenters. The normalized spacial score (nSPS) is 11.1. The maximum atomic E-state index is 6.00. The van der Waals surface area contributed by atoms with Crippen LogP contribution in [0.1, 0.15) is 11.4 Å². The molecule has 4 heteroatoms. The molecule has 0 unspecified atom stereocenters. The van der Waals surface area contributed by atoms with E-state index in [1.54, 1.807) is 0 Å². The number of H-pyrrole nitrogens is 1. The molecule has 3 nitrogen and oxygen atoms in total. The molecule has 14 heavy (non-hydrogen) atoms. The molecule has 2 N–H and O–H groups in total. The topological polar surface area (TPSA) is 40.7 Å². The second-order valence-electron chi connectivity index (χ2n) is 3.33. The highest BCUT2D eigenvalue weighted by Crippen LogP contribution is 2.21. The van der Waals surface area contributed by atoms with Crippen molar-refractivity contribution in [3.63, 3.8) is 0 Å². The summed E-state index contributed by atoms with van der Waals surface area (Å²) in [5, 5.41) is 3.81. The van der Waals surface area contributed by atoms with Gasteiger partial charge in [0.2, 0.25) is 0 Å². The molecule has 0 amide bonds. The van der Waals surface area contributed by atoms with Crippen LogP contribution in [0.3, 0.4) is 0 Å². The molecule has 0 bridgehead atoms. The molecule has 2 rings (SSSR count). The smallest absolute Gasteiger partial charge is 0.121 e. The number of nitrogens with one attached hydrogen (secondary N) is 2. The monoisotopic (exact) mass is 209 g/mol. The average molecular weight is 210 g/mol. The number of rotatable bonds is 2. The third kappa shape index (κ3) is 1.61. The summed E-state index contributed by atoms with van der Waals surface area (Å²) in [5.74, 6) is 0.934.